The first-order valence-electron chi connectivity index (χ1n) is 8.22. The molecule has 26 heavy (non-hydrogen) atoms. The van der Waals surface area contributed by atoms with Crippen LogP contribution in [0.25, 0.3) is 11.2 Å². The number of fused-ring (bicyclic) bond motifs is 1. The number of carbonyl (C=O) groups excluding carboxylic acids is 1. The highest BCUT2D eigenvalue weighted by molar-refractivity contribution is 5.82. The van der Waals surface area contributed by atoms with Gasteiger partial charge in [-0.25, -0.2) is 15.0 Å². The zero-order chi connectivity index (χ0) is 19.1. The fourth-order valence-corrected chi connectivity index (χ4v) is 2.44. The molecule has 2 aromatic heterocycles. The lowest BCUT2D eigenvalue weighted by Crippen LogP contribution is -2.27. The van der Waals surface area contributed by atoms with E-state index in [1.807, 2.05) is 6.92 Å². The van der Waals surface area contributed by atoms with E-state index in [4.69, 9.17) is 19.5 Å². The summed E-state index contributed by atoms with van der Waals surface area (Å²) in [7, 11) is 1.73. The molecular weight excluding hydrogens is 340 g/mol. The van der Waals surface area contributed by atoms with Crippen LogP contribution in [0.5, 0.6) is 0 Å². The number of nitrogens with one attached hydrogen (secondary N) is 1. The van der Waals surface area contributed by atoms with Crippen LogP contribution in [0.4, 0.5) is 5.82 Å². The van der Waals surface area contributed by atoms with Gasteiger partial charge in [0.2, 0.25) is 0 Å². The molecular formula is C16H22N6O4. The van der Waals surface area contributed by atoms with Crippen LogP contribution >= 0.6 is 0 Å². The molecule has 0 aliphatic carbocycles. The maximum Gasteiger partial charge on any atom is 0.302 e. The van der Waals surface area contributed by atoms with Gasteiger partial charge in [-0.05, 0) is 13.3 Å². The lowest BCUT2D eigenvalue weighted by molar-refractivity contribution is -0.196. The molecule has 0 aliphatic heterocycles. The Hall–Kier alpha value is -2.93. The molecule has 2 unspecified atom stereocenters. The van der Waals surface area contributed by atoms with Crippen LogP contribution in [0.1, 0.15) is 38.9 Å². The predicted molar refractivity (Wildman–Crippen MR) is 91.8 cm³/mol. The highest BCUT2D eigenvalue weighted by atomic mass is 16.7. The number of nitriles is 1. The van der Waals surface area contributed by atoms with E-state index in [-0.39, 0.29) is 6.61 Å². The summed E-state index contributed by atoms with van der Waals surface area (Å²) in [5.41, 5.74) is 0.991. The molecule has 10 nitrogen and oxygen atoms in total. The van der Waals surface area contributed by atoms with Crippen molar-refractivity contribution in [3.05, 3.63) is 12.2 Å². The van der Waals surface area contributed by atoms with Crippen molar-refractivity contribution in [2.75, 3.05) is 19.0 Å². The quantitative estimate of drug-likeness (QED) is 0.404. The van der Waals surface area contributed by atoms with Gasteiger partial charge in [-0.1, -0.05) is 13.3 Å². The topological polar surface area (TPSA) is 124 Å². The lowest BCUT2D eigenvalue weighted by Gasteiger charge is -2.23. The van der Waals surface area contributed by atoms with Gasteiger partial charge in [-0.3, -0.25) is 9.36 Å². The van der Waals surface area contributed by atoms with Crippen molar-refractivity contribution < 1.29 is 19.0 Å². The molecule has 0 fully saturated rings. The number of esters is 1. The number of rotatable bonds is 9. The minimum atomic E-state index is -1.09. The summed E-state index contributed by atoms with van der Waals surface area (Å²) in [6.45, 7) is 5.12. The van der Waals surface area contributed by atoms with E-state index in [9.17, 15) is 4.79 Å². The highest BCUT2D eigenvalue weighted by Gasteiger charge is 2.24. The third kappa shape index (κ3) is 4.58. The molecule has 140 valence electrons. The monoisotopic (exact) mass is 362 g/mol. The van der Waals surface area contributed by atoms with Gasteiger partial charge in [0.25, 0.3) is 6.26 Å². The van der Waals surface area contributed by atoms with Crippen molar-refractivity contribution in [1.82, 2.24) is 19.5 Å². The smallest absolute Gasteiger partial charge is 0.302 e. The molecule has 1 N–H and O–H groups in total. The van der Waals surface area contributed by atoms with Crippen molar-refractivity contribution in [2.45, 2.75) is 46.1 Å². The SMILES string of the molecule is CCCC(COC(C)=O)OC(OC#N)n1cnc2c(NC)nc(C)nc21. The number of imidazole rings is 1. The van der Waals surface area contributed by atoms with E-state index in [2.05, 4.69) is 20.3 Å². The summed E-state index contributed by atoms with van der Waals surface area (Å²) < 4.78 is 17.5. The number of aromatic nitrogens is 4. The Balaban J connectivity index is 2.34. The summed E-state index contributed by atoms with van der Waals surface area (Å²) in [6.07, 6.45) is 3.01. The fourth-order valence-electron chi connectivity index (χ4n) is 2.44. The summed E-state index contributed by atoms with van der Waals surface area (Å²) in [5, 5.41) is 12.0. The zero-order valence-electron chi connectivity index (χ0n) is 15.2. The van der Waals surface area contributed by atoms with E-state index in [1.165, 1.54) is 17.8 Å². The van der Waals surface area contributed by atoms with E-state index in [0.717, 1.165) is 6.42 Å². The Morgan fingerprint density at radius 3 is 2.85 bits per heavy atom. The lowest BCUT2D eigenvalue weighted by atomic mass is 10.2. The van der Waals surface area contributed by atoms with Gasteiger partial charge in [0.05, 0.1) is 6.10 Å². The predicted octanol–water partition coefficient (Wildman–Crippen LogP) is 1.88. The van der Waals surface area contributed by atoms with Gasteiger partial charge < -0.3 is 19.5 Å². The number of ether oxygens (including phenoxy) is 3. The Morgan fingerprint density at radius 2 is 2.23 bits per heavy atom. The van der Waals surface area contributed by atoms with Crippen LogP contribution in [0, 0.1) is 18.4 Å². The number of carbonyl (C=O) groups is 1. The first kappa shape index (κ1) is 19.4. The summed E-state index contributed by atoms with van der Waals surface area (Å²) in [4.78, 5) is 24.0. The molecule has 10 heteroatoms. The van der Waals surface area contributed by atoms with Crippen molar-refractivity contribution in [2.24, 2.45) is 0 Å². The molecule has 0 amide bonds. The number of hydrogen-bond acceptors (Lipinski definition) is 9. The normalized spacial score (nSPS) is 13.0. The van der Waals surface area contributed by atoms with Crippen molar-refractivity contribution in [3.8, 4) is 6.26 Å². The van der Waals surface area contributed by atoms with Crippen LogP contribution < -0.4 is 5.32 Å². The Kier molecular flexibility index (Phi) is 6.68. The van der Waals surface area contributed by atoms with E-state index in [0.29, 0.717) is 29.2 Å². The van der Waals surface area contributed by atoms with Crippen molar-refractivity contribution in [1.29, 1.82) is 5.26 Å². The zero-order valence-corrected chi connectivity index (χ0v) is 15.2. The molecule has 0 aromatic carbocycles. The van der Waals surface area contributed by atoms with Gasteiger partial charge in [-0.2, -0.15) is 5.26 Å². The molecule has 0 saturated heterocycles. The second-order valence-electron chi connectivity index (χ2n) is 5.56. The van der Waals surface area contributed by atoms with Crippen molar-refractivity contribution >= 4 is 23.0 Å². The number of aryl methyl sites for hydroxylation is 1. The summed E-state index contributed by atoms with van der Waals surface area (Å²) in [6, 6.07) is 0. The summed E-state index contributed by atoms with van der Waals surface area (Å²) >= 11 is 0. The Bertz CT molecular complexity index is 800. The van der Waals surface area contributed by atoms with Gasteiger partial charge in [-0.15, -0.1) is 0 Å². The van der Waals surface area contributed by atoms with Crippen LogP contribution in [0.2, 0.25) is 0 Å². The van der Waals surface area contributed by atoms with Gasteiger partial charge in [0.1, 0.15) is 18.8 Å². The third-order valence-electron chi connectivity index (χ3n) is 3.54. The molecule has 2 heterocycles. The third-order valence-corrected chi connectivity index (χ3v) is 3.54. The number of hydrogen-bond donors (Lipinski definition) is 1. The average molecular weight is 362 g/mol. The first-order valence-corrected chi connectivity index (χ1v) is 8.22. The molecule has 2 aromatic rings. The average Bonchev–Trinajstić information content (AvgIpc) is 3.02. The van der Waals surface area contributed by atoms with Crippen molar-refractivity contribution in [3.63, 3.8) is 0 Å². The molecule has 2 atom stereocenters. The minimum absolute atomic E-state index is 0.0663. The second-order valence-corrected chi connectivity index (χ2v) is 5.56. The van der Waals surface area contributed by atoms with Crippen LogP contribution in [0.15, 0.2) is 6.33 Å². The standard InChI is InChI=1S/C16H22N6O4/c1-5-6-12(7-24-11(3)23)26-16(25-8-17)22-9-19-13-14(18-4)20-10(2)21-15(13)22/h9,12,16H,5-7H2,1-4H3,(H,18,20,21). The van der Waals surface area contributed by atoms with E-state index >= 15 is 0 Å². The van der Waals surface area contributed by atoms with Crippen LogP contribution in [-0.2, 0) is 19.0 Å². The fraction of sp³-hybridized carbons (Fsp3) is 0.562. The minimum Gasteiger partial charge on any atom is -0.463 e. The van der Waals surface area contributed by atoms with Crippen LogP contribution in [0.3, 0.4) is 0 Å². The van der Waals surface area contributed by atoms with E-state index in [1.54, 1.807) is 20.2 Å². The second kappa shape index (κ2) is 8.96. The maximum absolute atomic E-state index is 11.1. The molecule has 0 aliphatic rings. The summed E-state index contributed by atoms with van der Waals surface area (Å²) in [5.74, 6) is 0.693. The van der Waals surface area contributed by atoms with Gasteiger partial charge >= 0.3 is 12.4 Å². The number of anilines is 1. The molecule has 0 radical (unpaired) electrons. The largest absolute Gasteiger partial charge is 0.463 e. The van der Waals surface area contributed by atoms with Gasteiger partial charge in [0, 0.05) is 14.0 Å². The molecule has 0 spiro atoms. The molecule has 0 saturated carbocycles. The first-order chi connectivity index (χ1) is 12.5. The number of nitrogens with zero attached hydrogens (tertiary/aromatic N) is 5. The molecule has 0 bridgehead atoms. The van der Waals surface area contributed by atoms with Gasteiger partial charge in [0.15, 0.2) is 17.0 Å². The molecule has 2 rings (SSSR count). The Morgan fingerprint density at radius 1 is 1.46 bits per heavy atom. The Labute approximate surface area is 151 Å². The van der Waals surface area contributed by atoms with E-state index < -0.39 is 18.5 Å². The highest BCUT2D eigenvalue weighted by Crippen LogP contribution is 2.24. The van der Waals surface area contributed by atoms with Crippen LogP contribution in [-0.4, -0.2) is 45.2 Å². The maximum atomic E-state index is 11.1.